The highest BCUT2D eigenvalue weighted by Crippen LogP contribution is 2.35. The van der Waals surface area contributed by atoms with Crippen LogP contribution in [0.2, 0.25) is 5.02 Å². The minimum Gasteiger partial charge on any atom is -0.496 e. The molecule has 1 saturated carbocycles. The van der Waals surface area contributed by atoms with E-state index in [2.05, 4.69) is 20.9 Å². The fourth-order valence-electron chi connectivity index (χ4n) is 3.58. The van der Waals surface area contributed by atoms with Gasteiger partial charge in [0, 0.05) is 29.8 Å². The Labute approximate surface area is 211 Å². The number of aromatic nitrogens is 1. The van der Waals surface area contributed by atoms with Gasteiger partial charge >= 0.3 is 6.03 Å². The molecule has 2 heterocycles. The molecule has 1 aromatic heterocycles. The normalized spacial score (nSPS) is 14.6. The van der Waals surface area contributed by atoms with E-state index in [-0.39, 0.29) is 24.5 Å². The Morgan fingerprint density at radius 1 is 1.11 bits per heavy atom. The minimum absolute atomic E-state index is 0.154. The van der Waals surface area contributed by atoms with Crippen molar-refractivity contribution in [2.45, 2.75) is 25.2 Å². The summed E-state index contributed by atoms with van der Waals surface area (Å²) >= 11 is 6.38. The monoisotopic (exact) mass is 510 g/mol. The molecule has 0 radical (unpaired) electrons. The third-order valence-corrected chi connectivity index (χ3v) is 5.85. The lowest BCUT2D eigenvalue weighted by atomic mass is 10.1. The molecule has 0 unspecified atom stereocenters. The maximum Gasteiger partial charge on any atom is 0.319 e. The average Bonchev–Trinajstić information content (AvgIpc) is 3.53. The summed E-state index contributed by atoms with van der Waals surface area (Å²) in [4.78, 5) is 29.3. The third-order valence-electron chi connectivity index (χ3n) is 5.54. The number of urea groups is 1. The minimum atomic E-state index is -0.581. The van der Waals surface area contributed by atoms with Crippen molar-refractivity contribution in [3.05, 3.63) is 65.7 Å². The van der Waals surface area contributed by atoms with Crippen LogP contribution in [0.3, 0.4) is 0 Å². The Morgan fingerprint density at radius 2 is 1.92 bits per heavy atom. The SMILES string of the molecule is COc1cc2nccc(Oc3ccc(NC(=O)NC4CC4)c(Cl)c3)c2cc1C(=O)NCC1OC=CO1. The summed E-state index contributed by atoms with van der Waals surface area (Å²) in [6.07, 6.45) is 5.83. The molecule has 0 bridgehead atoms. The first kappa shape index (κ1) is 23.6. The van der Waals surface area contributed by atoms with Crippen molar-refractivity contribution in [3.8, 4) is 17.2 Å². The number of benzene rings is 2. The van der Waals surface area contributed by atoms with Gasteiger partial charge in [-0.25, -0.2) is 4.79 Å². The lowest BCUT2D eigenvalue weighted by Gasteiger charge is -2.15. The summed E-state index contributed by atoms with van der Waals surface area (Å²) in [7, 11) is 1.48. The third kappa shape index (κ3) is 5.38. The number of hydrogen-bond donors (Lipinski definition) is 3. The number of methoxy groups -OCH3 is 1. The molecule has 3 N–H and O–H groups in total. The Hall–Kier alpha value is -4.18. The molecular formula is C25H23ClN4O6. The quantitative estimate of drug-likeness (QED) is 0.406. The van der Waals surface area contributed by atoms with Crippen LogP contribution in [0, 0.1) is 0 Å². The van der Waals surface area contributed by atoms with E-state index in [1.54, 1.807) is 42.6 Å². The summed E-state index contributed by atoms with van der Waals surface area (Å²) < 4.78 is 21.9. The van der Waals surface area contributed by atoms with E-state index < -0.39 is 6.29 Å². The van der Waals surface area contributed by atoms with E-state index in [1.165, 1.54) is 19.6 Å². The highest BCUT2D eigenvalue weighted by Gasteiger charge is 2.23. The molecule has 5 rings (SSSR count). The fourth-order valence-corrected chi connectivity index (χ4v) is 3.80. The zero-order valence-electron chi connectivity index (χ0n) is 19.2. The summed E-state index contributed by atoms with van der Waals surface area (Å²) in [5.74, 6) is 0.904. The molecule has 1 aliphatic heterocycles. The summed E-state index contributed by atoms with van der Waals surface area (Å²) in [5.41, 5.74) is 1.35. The number of rotatable bonds is 8. The summed E-state index contributed by atoms with van der Waals surface area (Å²) in [5, 5.41) is 9.27. The van der Waals surface area contributed by atoms with Crippen LogP contribution in [-0.4, -0.2) is 42.9 Å². The zero-order valence-corrected chi connectivity index (χ0v) is 20.0. The number of amides is 3. The Bertz CT molecular complexity index is 1340. The maximum atomic E-state index is 12.9. The first-order chi connectivity index (χ1) is 17.5. The first-order valence-electron chi connectivity index (χ1n) is 11.3. The molecule has 1 aliphatic carbocycles. The fraction of sp³-hybridized carbons (Fsp3) is 0.240. The summed E-state index contributed by atoms with van der Waals surface area (Å²) in [6, 6.07) is 9.90. The van der Waals surface area contributed by atoms with Crippen LogP contribution in [0.4, 0.5) is 10.5 Å². The van der Waals surface area contributed by atoms with Gasteiger partial charge in [-0.2, -0.15) is 0 Å². The summed E-state index contributed by atoms with van der Waals surface area (Å²) in [6.45, 7) is 0.154. The largest absolute Gasteiger partial charge is 0.496 e. The molecule has 11 heteroatoms. The molecule has 36 heavy (non-hydrogen) atoms. The van der Waals surface area contributed by atoms with E-state index in [0.717, 1.165) is 12.8 Å². The zero-order chi connectivity index (χ0) is 25.1. The number of nitrogens with zero attached hydrogens (tertiary/aromatic N) is 1. The highest BCUT2D eigenvalue weighted by molar-refractivity contribution is 6.33. The van der Waals surface area contributed by atoms with Gasteiger partial charge in [0.1, 0.15) is 29.8 Å². The standard InChI is InChI=1S/C25H23ClN4O6/c1-33-22-12-20-16(11-17(22)24(31)28-13-23-34-8-9-35-23)21(6-7-27-20)36-15-4-5-19(18(26)10-15)30-25(32)29-14-2-3-14/h4-12,14,23H,2-3,13H2,1H3,(H,28,31)(H2,29,30,32). The second kappa shape index (κ2) is 10.2. The second-order valence-corrected chi connectivity index (χ2v) is 8.59. The topological polar surface area (TPSA) is 120 Å². The van der Waals surface area contributed by atoms with Gasteiger partial charge in [0.25, 0.3) is 12.2 Å². The highest BCUT2D eigenvalue weighted by atomic mass is 35.5. The molecule has 0 atom stereocenters. The molecule has 0 spiro atoms. The number of pyridine rings is 1. The number of hydrogen-bond acceptors (Lipinski definition) is 7. The van der Waals surface area contributed by atoms with Gasteiger partial charge in [-0.05, 0) is 37.1 Å². The smallest absolute Gasteiger partial charge is 0.319 e. The lowest BCUT2D eigenvalue weighted by Crippen LogP contribution is -2.32. The van der Waals surface area contributed by atoms with E-state index in [4.69, 9.17) is 30.5 Å². The van der Waals surface area contributed by atoms with E-state index in [0.29, 0.717) is 44.4 Å². The van der Waals surface area contributed by atoms with Crippen molar-refractivity contribution in [3.63, 3.8) is 0 Å². The van der Waals surface area contributed by atoms with Gasteiger partial charge in [-0.1, -0.05) is 11.6 Å². The molecule has 3 aromatic rings. The Kier molecular flexibility index (Phi) is 6.68. The lowest BCUT2D eigenvalue weighted by molar-refractivity contribution is -0.0193. The number of carbonyl (C=O) groups is 2. The first-order valence-corrected chi connectivity index (χ1v) is 11.6. The predicted octanol–water partition coefficient (Wildman–Crippen LogP) is 4.55. The van der Waals surface area contributed by atoms with Gasteiger partial charge < -0.3 is 34.9 Å². The number of anilines is 1. The Balaban J connectivity index is 1.36. The van der Waals surface area contributed by atoms with Crippen LogP contribution in [0.5, 0.6) is 17.2 Å². The van der Waals surface area contributed by atoms with Crippen molar-refractivity contribution in [2.75, 3.05) is 19.0 Å². The van der Waals surface area contributed by atoms with Crippen molar-refractivity contribution in [1.29, 1.82) is 0 Å². The number of halogens is 1. The van der Waals surface area contributed by atoms with Gasteiger partial charge in [0.05, 0.1) is 35.4 Å². The van der Waals surface area contributed by atoms with Crippen molar-refractivity contribution in [1.82, 2.24) is 15.6 Å². The number of fused-ring (bicyclic) bond motifs is 1. The molecule has 2 aliphatic rings. The van der Waals surface area contributed by atoms with Crippen LogP contribution in [0.15, 0.2) is 55.1 Å². The number of carbonyl (C=O) groups excluding carboxylic acids is 2. The van der Waals surface area contributed by atoms with Gasteiger partial charge in [-0.15, -0.1) is 0 Å². The van der Waals surface area contributed by atoms with Crippen molar-refractivity contribution < 1.29 is 28.5 Å². The maximum absolute atomic E-state index is 12.9. The van der Waals surface area contributed by atoms with Crippen LogP contribution >= 0.6 is 11.6 Å². The second-order valence-electron chi connectivity index (χ2n) is 8.18. The van der Waals surface area contributed by atoms with Crippen LogP contribution in [0.25, 0.3) is 10.9 Å². The van der Waals surface area contributed by atoms with Crippen molar-refractivity contribution >= 4 is 40.1 Å². The van der Waals surface area contributed by atoms with E-state index in [1.807, 2.05) is 0 Å². The van der Waals surface area contributed by atoms with Gasteiger partial charge in [0.15, 0.2) is 0 Å². The molecule has 3 amide bonds. The molecule has 10 nitrogen and oxygen atoms in total. The Morgan fingerprint density at radius 3 is 2.64 bits per heavy atom. The van der Waals surface area contributed by atoms with Crippen molar-refractivity contribution in [2.24, 2.45) is 0 Å². The van der Waals surface area contributed by atoms with E-state index >= 15 is 0 Å². The average molecular weight is 511 g/mol. The molecule has 1 fully saturated rings. The van der Waals surface area contributed by atoms with Gasteiger partial charge in [0.2, 0.25) is 0 Å². The molecule has 0 saturated heterocycles. The molecule has 2 aromatic carbocycles. The predicted molar refractivity (Wildman–Crippen MR) is 132 cm³/mol. The van der Waals surface area contributed by atoms with Crippen LogP contribution in [-0.2, 0) is 9.47 Å². The molecular weight excluding hydrogens is 488 g/mol. The van der Waals surface area contributed by atoms with E-state index in [9.17, 15) is 9.59 Å². The van der Waals surface area contributed by atoms with Gasteiger partial charge in [-0.3, -0.25) is 9.78 Å². The molecule has 186 valence electrons. The number of ether oxygens (including phenoxy) is 4. The van der Waals surface area contributed by atoms with Crippen LogP contribution in [0.1, 0.15) is 23.2 Å². The van der Waals surface area contributed by atoms with Crippen LogP contribution < -0.4 is 25.4 Å². The number of nitrogens with one attached hydrogen (secondary N) is 3.